The minimum Gasteiger partial charge on any atom is -0.496 e. The predicted octanol–water partition coefficient (Wildman–Crippen LogP) is 1.70. The average Bonchev–Trinajstić information content (AvgIpc) is 3.38. The number of carbonyl (C=O) groups excluding carboxylic acids is 3. The van der Waals surface area contributed by atoms with Gasteiger partial charge in [-0.15, -0.1) is 0 Å². The van der Waals surface area contributed by atoms with Crippen LogP contribution in [0, 0.1) is 5.92 Å². The maximum absolute atomic E-state index is 13.7. The molecular formula is C25H36N4O4. The standard InChI is InChI=1S/C25H36N4O4/c1-19(30)26-11-15-29(16-12-26)25(32)23(20-7-3-4-8-20)27-13-17-28(18-14-27)24(31)21-9-5-6-10-22(21)33-2/h5-6,9-10,20,23H,3-4,7-8,11-18H2,1-2H3. The van der Waals surface area contributed by atoms with Crippen molar-refractivity contribution in [3.63, 3.8) is 0 Å². The van der Waals surface area contributed by atoms with Gasteiger partial charge >= 0.3 is 0 Å². The maximum Gasteiger partial charge on any atom is 0.257 e. The van der Waals surface area contributed by atoms with Crippen molar-refractivity contribution < 1.29 is 19.1 Å². The number of rotatable bonds is 5. The van der Waals surface area contributed by atoms with Gasteiger partial charge in [-0.2, -0.15) is 0 Å². The molecule has 0 N–H and O–H groups in total. The number of hydrogen-bond donors (Lipinski definition) is 0. The monoisotopic (exact) mass is 456 g/mol. The van der Waals surface area contributed by atoms with Crippen LogP contribution < -0.4 is 4.74 Å². The number of carbonyl (C=O) groups is 3. The van der Waals surface area contributed by atoms with Crippen molar-refractivity contribution in [1.29, 1.82) is 0 Å². The van der Waals surface area contributed by atoms with Gasteiger partial charge < -0.3 is 19.4 Å². The Morgan fingerprint density at radius 1 is 0.848 bits per heavy atom. The fraction of sp³-hybridized carbons (Fsp3) is 0.640. The lowest BCUT2D eigenvalue weighted by atomic mass is 9.94. The molecule has 1 atom stereocenters. The lowest BCUT2D eigenvalue weighted by molar-refractivity contribution is -0.144. The summed E-state index contributed by atoms with van der Waals surface area (Å²) >= 11 is 0. The molecule has 3 aliphatic rings. The first-order valence-corrected chi connectivity index (χ1v) is 12.2. The van der Waals surface area contributed by atoms with Crippen LogP contribution in [0.5, 0.6) is 5.75 Å². The number of methoxy groups -OCH3 is 1. The van der Waals surface area contributed by atoms with Crippen molar-refractivity contribution in [3.8, 4) is 5.75 Å². The highest BCUT2D eigenvalue weighted by atomic mass is 16.5. The maximum atomic E-state index is 13.7. The average molecular weight is 457 g/mol. The summed E-state index contributed by atoms with van der Waals surface area (Å²) in [5.74, 6) is 1.23. The summed E-state index contributed by atoms with van der Waals surface area (Å²) in [6.07, 6.45) is 4.53. The smallest absolute Gasteiger partial charge is 0.257 e. The van der Waals surface area contributed by atoms with Crippen LogP contribution in [0.2, 0.25) is 0 Å². The summed E-state index contributed by atoms with van der Waals surface area (Å²) < 4.78 is 5.37. The number of nitrogens with zero attached hydrogens (tertiary/aromatic N) is 4. The fourth-order valence-electron chi connectivity index (χ4n) is 5.55. The van der Waals surface area contributed by atoms with Gasteiger partial charge in [0.2, 0.25) is 11.8 Å². The zero-order valence-corrected chi connectivity index (χ0v) is 19.9. The summed E-state index contributed by atoms with van der Waals surface area (Å²) in [4.78, 5) is 46.4. The Kier molecular flexibility index (Phi) is 7.53. The molecule has 1 aromatic rings. The van der Waals surface area contributed by atoms with Crippen LogP contribution in [-0.2, 0) is 9.59 Å². The van der Waals surface area contributed by atoms with Crippen LogP contribution >= 0.6 is 0 Å². The number of ether oxygens (including phenoxy) is 1. The molecule has 2 heterocycles. The van der Waals surface area contributed by atoms with Crippen LogP contribution in [0.25, 0.3) is 0 Å². The Labute approximate surface area is 196 Å². The molecule has 1 unspecified atom stereocenters. The third-order valence-corrected chi connectivity index (χ3v) is 7.47. The van der Waals surface area contributed by atoms with Gasteiger partial charge in [0.1, 0.15) is 5.75 Å². The van der Waals surface area contributed by atoms with E-state index in [-0.39, 0.29) is 23.8 Å². The highest BCUT2D eigenvalue weighted by Gasteiger charge is 2.40. The first-order chi connectivity index (χ1) is 16.0. The second-order valence-corrected chi connectivity index (χ2v) is 9.35. The molecule has 1 aliphatic carbocycles. The Morgan fingerprint density at radius 3 is 2.03 bits per heavy atom. The molecule has 3 amide bonds. The number of benzene rings is 1. The van der Waals surface area contributed by atoms with Gasteiger partial charge in [-0.25, -0.2) is 0 Å². The molecule has 1 aromatic carbocycles. The van der Waals surface area contributed by atoms with Crippen LogP contribution in [0.4, 0.5) is 0 Å². The van der Waals surface area contributed by atoms with E-state index in [0.717, 1.165) is 12.8 Å². The van der Waals surface area contributed by atoms with Crippen molar-refractivity contribution >= 4 is 17.7 Å². The van der Waals surface area contributed by atoms with E-state index in [9.17, 15) is 14.4 Å². The Balaban J connectivity index is 1.41. The molecule has 0 spiro atoms. The van der Waals surface area contributed by atoms with Crippen LogP contribution in [0.3, 0.4) is 0 Å². The molecule has 2 saturated heterocycles. The van der Waals surface area contributed by atoms with Gasteiger partial charge in [-0.05, 0) is 30.9 Å². The van der Waals surface area contributed by atoms with E-state index < -0.39 is 0 Å². The van der Waals surface area contributed by atoms with Crippen LogP contribution in [0.15, 0.2) is 24.3 Å². The second-order valence-electron chi connectivity index (χ2n) is 9.35. The largest absolute Gasteiger partial charge is 0.496 e. The van der Waals surface area contributed by atoms with Crippen molar-refractivity contribution in [2.45, 2.75) is 38.6 Å². The number of hydrogen-bond acceptors (Lipinski definition) is 5. The lowest BCUT2D eigenvalue weighted by Crippen LogP contribution is -2.60. The molecule has 180 valence electrons. The first-order valence-electron chi connectivity index (χ1n) is 12.2. The minimum atomic E-state index is -0.125. The van der Waals surface area contributed by atoms with Gasteiger partial charge in [0.05, 0.1) is 18.7 Å². The summed E-state index contributed by atoms with van der Waals surface area (Å²) in [6.45, 7) is 6.62. The summed E-state index contributed by atoms with van der Waals surface area (Å²) in [7, 11) is 1.58. The van der Waals surface area contributed by atoms with E-state index in [4.69, 9.17) is 4.74 Å². The first kappa shape index (κ1) is 23.5. The Bertz CT molecular complexity index is 854. The molecule has 4 rings (SSSR count). The lowest BCUT2D eigenvalue weighted by Gasteiger charge is -2.44. The number of amides is 3. The van der Waals surface area contributed by atoms with Gasteiger partial charge in [-0.3, -0.25) is 19.3 Å². The van der Waals surface area contributed by atoms with Gasteiger partial charge in [0, 0.05) is 59.3 Å². The highest BCUT2D eigenvalue weighted by molar-refractivity contribution is 5.97. The zero-order valence-electron chi connectivity index (χ0n) is 19.9. The molecule has 8 heteroatoms. The third-order valence-electron chi connectivity index (χ3n) is 7.47. The van der Waals surface area contributed by atoms with Crippen LogP contribution in [0.1, 0.15) is 43.0 Å². The third kappa shape index (κ3) is 5.16. The number of piperazine rings is 2. The van der Waals surface area contributed by atoms with Gasteiger partial charge in [0.15, 0.2) is 0 Å². The molecule has 0 radical (unpaired) electrons. The minimum absolute atomic E-state index is 0.0174. The van der Waals surface area contributed by atoms with Crippen molar-refractivity contribution in [3.05, 3.63) is 29.8 Å². The Hall–Kier alpha value is -2.61. The molecule has 2 aliphatic heterocycles. The molecule has 1 saturated carbocycles. The number of para-hydroxylation sites is 1. The zero-order chi connectivity index (χ0) is 23.4. The molecular weight excluding hydrogens is 420 g/mol. The Morgan fingerprint density at radius 2 is 1.42 bits per heavy atom. The topological polar surface area (TPSA) is 73.4 Å². The molecule has 33 heavy (non-hydrogen) atoms. The fourth-order valence-corrected chi connectivity index (χ4v) is 5.55. The second kappa shape index (κ2) is 10.5. The molecule has 8 nitrogen and oxygen atoms in total. The summed E-state index contributed by atoms with van der Waals surface area (Å²) in [5.41, 5.74) is 0.584. The van der Waals surface area contributed by atoms with E-state index >= 15 is 0 Å². The quantitative estimate of drug-likeness (QED) is 0.674. The van der Waals surface area contributed by atoms with Crippen molar-refractivity contribution in [1.82, 2.24) is 19.6 Å². The van der Waals surface area contributed by atoms with Crippen LogP contribution in [-0.4, -0.2) is 103 Å². The molecule has 0 aromatic heterocycles. The van der Waals surface area contributed by atoms with E-state index in [0.29, 0.717) is 69.6 Å². The summed E-state index contributed by atoms with van der Waals surface area (Å²) in [5, 5.41) is 0. The van der Waals surface area contributed by atoms with E-state index in [2.05, 4.69) is 4.90 Å². The van der Waals surface area contributed by atoms with Gasteiger partial charge in [0.25, 0.3) is 5.91 Å². The summed E-state index contributed by atoms with van der Waals surface area (Å²) in [6, 6.07) is 7.21. The van der Waals surface area contributed by atoms with Gasteiger partial charge in [-0.1, -0.05) is 25.0 Å². The predicted molar refractivity (Wildman–Crippen MR) is 125 cm³/mol. The van der Waals surface area contributed by atoms with E-state index in [1.807, 2.05) is 32.9 Å². The van der Waals surface area contributed by atoms with Crippen molar-refractivity contribution in [2.75, 3.05) is 59.5 Å². The van der Waals surface area contributed by atoms with E-state index in [1.54, 1.807) is 20.1 Å². The molecule has 3 fully saturated rings. The normalized spacial score (nSPS) is 21.2. The highest BCUT2D eigenvalue weighted by Crippen LogP contribution is 2.32. The van der Waals surface area contributed by atoms with Crippen molar-refractivity contribution in [2.24, 2.45) is 5.92 Å². The van der Waals surface area contributed by atoms with E-state index in [1.165, 1.54) is 12.8 Å². The SMILES string of the molecule is COc1ccccc1C(=O)N1CCN(C(C(=O)N2CCN(C(C)=O)CC2)C2CCCC2)CC1. The molecule has 0 bridgehead atoms.